The van der Waals surface area contributed by atoms with Crippen molar-refractivity contribution in [3.05, 3.63) is 46.5 Å². The summed E-state index contributed by atoms with van der Waals surface area (Å²) in [7, 11) is 6.66. The molecular weight excluding hydrogens is 604 g/mol. The number of methoxy groups -OCH3 is 4. The van der Waals surface area contributed by atoms with Crippen molar-refractivity contribution in [1.29, 1.82) is 0 Å². The lowest BCUT2D eigenvalue weighted by atomic mass is 9.79. The van der Waals surface area contributed by atoms with Gasteiger partial charge in [-0.05, 0) is 109 Å². The number of benzene rings is 2. The van der Waals surface area contributed by atoms with E-state index >= 15 is 0 Å². The molecule has 0 aromatic heterocycles. The van der Waals surface area contributed by atoms with Crippen molar-refractivity contribution in [3.8, 4) is 23.0 Å². The van der Waals surface area contributed by atoms with Crippen LogP contribution in [0.3, 0.4) is 0 Å². The van der Waals surface area contributed by atoms with Gasteiger partial charge >= 0.3 is 0 Å². The van der Waals surface area contributed by atoms with Crippen LogP contribution in [0.25, 0.3) is 0 Å². The first-order chi connectivity index (χ1) is 22.4. The largest absolute Gasteiger partial charge is 0.493 e. The summed E-state index contributed by atoms with van der Waals surface area (Å²) in [5.41, 5.74) is 5.05. The Morgan fingerprint density at radius 1 is 0.667 bits per heavy atom. The predicted molar refractivity (Wildman–Crippen MR) is 196 cm³/mol. The molecule has 272 valence electrons. The maximum absolute atomic E-state index is 10.8. The highest BCUT2D eigenvalue weighted by Gasteiger charge is 2.40. The van der Waals surface area contributed by atoms with E-state index in [1.165, 1.54) is 22.3 Å². The maximum Gasteiger partial charge on any atom is 0.161 e. The summed E-state index contributed by atoms with van der Waals surface area (Å²) < 4.78 is 30.3. The Hall–Kier alpha value is -2.52. The highest BCUT2D eigenvalue weighted by molar-refractivity contribution is 5.50. The third kappa shape index (κ3) is 8.61. The molecule has 2 N–H and O–H groups in total. The van der Waals surface area contributed by atoms with Crippen LogP contribution < -0.4 is 18.9 Å². The van der Waals surface area contributed by atoms with Crippen molar-refractivity contribution in [2.45, 2.75) is 105 Å². The van der Waals surface area contributed by atoms with E-state index < -0.39 is 6.08 Å². The molecule has 2 saturated heterocycles. The van der Waals surface area contributed by atoms with E-state index in [1.54, 1.807) is 28.4 Å². The van der Waals surface area contributed by atoms with Crippen LogP contribution in [-0.4, -0.2) is 86.8 Å². The summed E-state index contributed by atoms with van der Waals surface area (Å²) in [6, 6.07) is 8.69. The standard InChI is InChI=1S/2C19H29NO3.2CH4/c2*1-12(2)7-14-11-20-6-5-13-8-18(22-3)19(23-4)9-15(13)16(20)10-17(14)21;;/h2*8-9,12,14,16-17,21H,5-7,10-11H2,1-4H3;2*1H4/t2*14-,16-,17+;;/m00../s1/i17D;;;. The lowest BCUT2D eigenvalue weighted by Gasteiger charge is -2.46. The van der Waals surface area contributed by atoms with E-state index in [4.69, 9.17) is 20.3 Å². The van der Waals surface area contributed by atoms with E-state index in [2.05, 4.69) is 55.7 Å². The number of aliphatic hydroxyl groups excluding tert-OH is 1. The lowest BCUT2D eigenvalue weighted by molar-refractivity contribution is -0.0192. The summed E-state index contributed by atoms with van der Waals surface area (Å²) >= 11 is 0. The molecule has 0 aliphatic carbocycles. The van der Waals surface area contributed by atoms with Crippen molar-refractivity contribution >= 4 is 0 Å². The second-order valence-electron chi connectivity index (χ2n) is 14.5. The maximum atomic E-state index is 10.8. The molecule has 2 fully saturated rings. The van der Waals surface area contributed by atoms with Crippen LogP contribution >= 0.6 is 0 Å². The topological polar surface area (TPSA) is 83.9 Å². The Morgan fingerprint density at radius 2 is 1.06 bits per heavy atom. The summed E-state index contributed by atoms with van der Waals surface area (Å²) in [5, 5.41) is 21.4. The molecule has 2 aromatic rings. The first-order valence-corrected chi connectivity index (χ1v) is 17.3. The van der Waals surface area contributed by atoms with Gasteiger partial charge in [-0.3, -0.25) is 9.80 Å². The fourth-order valence-electron chi connectivity index (χ4n) is 8.33. The van der Waals surface area contributed by atoms with Crippen molar-refractivity contribution in [1.82, 2.24) is 9.80 Å². The van der Waals surface area contributed by atoms with E-state index in [1.807, 2.05) is 6.07 Å². The minimum Gasteiger partial charge on any atom is -0.493 e. The fraction of sp³-hybridized carbons (Fsp3) is 0.700. The average Bonchev–Trinajstić information content (AvgIpc) is 3.03. The van der Waals surface area contributed by atoms with Crippen molar-refractivity contribution in [3.63, 3.8) is 0 Å². The van der Waals surface area contributed by atoms with Crippen LogP contribution in [0.15, 0.2) is 24.3 Å². The average molecular weight is 672 g/mol. The Labute approximate surface area is 293 Å². The fourth-order valence-corrected chi connectivity index (χ4v) is 8.33. The van der Waals surface area contributed by atoms with Gasteiger partial charge in [-0.15, -0.1) is 0 Å². The smallest absolute Gasteiger partial charge is 0.161 e. The number of ether oxygens (including phenoxy) is 4. The van der Waals surface area contributed by atoms with Gasteiger partial charge in [0.05, 0.1) is 42.0 Å². The Balaban J connectivity index is 0.000000255. The van der Waals surface area contributed by atoms with Gasteiger partial charge in [-0.2, -0.15) is 0 Å². The number of aliphatic hydroxyl groups is 2. The third-order valence-corrected chi connectivity index (χ3v) is 10.6. The van der Waals surface area contributed by atoms with Crippen LogP contribution in [0.1, 0.15) is 104 Å². The molecule has 0 radical (unpaired) electrons. The van der Waals surface area contributed by atoms with Gasteiger partial charge in [0.15, 0.2) is 23.0 Å². The molecular formula is C40H66N2O6. The van der Waals surface area contributed by atoms with Crippen molar-refractivity contribution in [2.75, 3.05) is 54.6 Å². The monoisotopic (exact) mass is 671 g/mol. The molecule has 0 saturated carbocycles. The van der Waals surface area contributed by atoms with Crippen LogP contribution in [-0.2, 0) is 12.8 Å². The molecule has 0 bridgehead atoms. The zero-order chi connectivity index (χ0) is 34.0. The SMILES string of the molecule is C.C.COc1cc2c(cc1OC)[C@@H]1C[C@@H](O)[C@@H](CC(C)C)CN1CC2.[2H][C@@]1(O)C[C@H]2c3cc(OC)c(OC)cc3CCN2C[C@@H]1CC(C)C. The van der Waals surface area contributed by atoms with Crippen LogP contribution in [0, 0.1) is 23.7 Å². The van der Waals surface area contributed by atoms with Crippen LogP contribution in [0.4, 0.5) is 0 Å². The highest BCUT2D eigenvalue weighted by atomic mass is 16.5. The van der Waals surface area contributed by atoms with E-state index in [9.17, 15) is 10.2 Å². The number of piperidine rings is 2. The molecule has 6 rings (SSSR count). The Morgan fingerprint density at radius 3 is 1.50 bits per heavy atom. The molecule has 48 heavy (non-hydrogen) atoms. The van der Waals surface area contributed by atoms with Gasteiger partial charge in [0.2, 0.25) is 0 Å². The molecule has 0 unspecified atom stereocenters. The number of hydrogen-bond acceptors (Lipinski definition) is 8. The molecule has 0 amide bonds. The third-order valence-electron chi connectivity index (χ3n) is 10.6. The zero-order valence-corrected chi connectivity index (χ0v) is 29.3. The number of hydrogen-bond donors (Lipinski definition) is 2. The summed E-state index contributed by atoms with van der Waals surface area (Å²) in [5.74, 6) is 4.58. The number of nitrogens with zero attached hydrogens (tertiary/aromatic N) is 2. The molecule has 4 aliphatic heterocycles. The zero-order valence-electron chi connectivity index (χ0n) is 30.3. The van der Waals surface area contributed by atoms with Crippen LogP contribution in [0.2, 0.25) is 0 Å². The van der Waals surface area contributed by atoms with Crippen molar-refractivity contribution in [2.24, 2.45) is 23.7 Å². The molecule has 0 spiro atoms. The minimum absolute atomic E-state index is 0. The minimum atomic E-state index is -1.37. The molecule has 4 aliphatic rings. The van der Waals surface area contributed by atoms with Gasteiger partial charge in [0.25, 0.3) is 0 Å². The molecule has 8 heteroatoms. The highest BCUT2D eigenvalue weighted by Crippen LogP contribution is 2.45. The van der Waals surface area contributed by atoms with Crippen molar-refractivity contribution < 1.29 is 30.5 Å². The first kappa shape index (κ1) is 38.3. The number of fused-ring (bicyclic) bond motifs is 6. The molecule has 4 heterocycles. The Bertz CT molecular complexity index is 1370. The van der Waals surface area contributed by atoms with Gasteiger partial charge in [-0.1, -0.05) is 42.5 Å². The van der Waals surface area contributed by atoms with E-state index in [-0.39, 0.29) is 32.9 Å². The summed E-state index contributed by atoms with van der Waals surface area (Å²) in [6.07, 6.45) is 3.69. The quantitative estimate of drug-likeness (QED) is 0.302. The van der Waals surface area contributed by atoms with E-state index in [0.29, 0.717) is 30.2 Å². The number of rotatable bonds is 8. The lowest BCUT2D eigenvalue weighted by Crippen LogP contribution is -2.48. The Kier molecular flexibility index (Phi) is 13.9. The summed E-state index contributed by atoms with van der Waals surface area (Å²) in [6.45, 7) is 12.6. The molecule has 6 atom stereocenters. The predicted octanol–water partition coefficient (Wildman–Crippen LogP) is 7.33. The normalized spacial score (nSPS) is 28.2. The first-order valence-electron chi connectivity index (χ1n) is 17.8. The van der Waals surface area contributed by atoms with Gasteiger partial charge in [0, 0.05) is 38.3 Å². The van der Waals surface area contributed by atoms with Gasteiger partial charge in [-0.25, -0.2) is 0 Å². The van der Waals surface area contributed by atoms with E-state index in [0.717, 1.165) is 81.3 Å². The second kappa shape index (κ2) is 17.4. The summed E-state index contributed by atoms with van der Waals surface area (Å²) in [4.78, 5) is 4.98. The second-order valence-corrected chi connectivity index (χ2v) is 14.5. The molecule has 8 nitrogen and oxygen atoms in total. The molecule has 2 aromatic carbocycles. The van der Waals surface area contributed by atoms with Crippen LogP contribution in [0.5, 0.6) is 23.0 Å². The van der Waals surface area contributed by atoms with Gasteiger partial charge in [0.1, 0.15) is 0 Å². The van der Waals surface area contributed by atoms with Gasteiger partial charge < -0.3 is 29.2 Å².